The van der Waals surface area contributed by atoms with Gasteiger partial charge in [0.25, 0.3) is 12.3 Å². The van der Waals surface area contributed by atoms with Gasteiger partial charge in [-0.1, -0.05) is 0 Å². The Morgan fingerprint density at radius 3 is 2.96 bits per heavy atom. The number of benzene rings is 1. The highest BCUT2D eigenvalue weighted by Crippen LogP contribution is 2.31. The molecule has 1 aliphatic heterocycles. The standard InChI is InChI=1S/C17H18F3N3O2S/c1-23-7-14-11(4-2-10(8-24)22-26-14)15(23)17(25)21-9-3-5-13(18)12(6-9)16(19)20/h3,5-7,10,16,22,24H,2,4,8H2,1H3,(H,21,25). The maximum atomic E-state index is 13.4. The number of alkyl halides is 2. The number of aromatic nitrogens is 1. The number of halogens is 3. The summed E-state index contributed by atoms with van der Waals surface area (Å²) in [6, 6.07) is 3.03. The Hall–Kier alpha value is -1.97. The maximum Gasteiger partial charge on any atom is 0.272 e. The molecule has 1 aromatic heterocycles. The predicted molar refractivity (Wildman–Crippen MR) is 92.9 cm³/mol. The zero-order valence-electron chi connectivity index (χ0n) is 13.9. The molecule has 140 valence electrons. The van der Waals surface area contributed by atoms with Crippen molar-refractivity contribution in [2.75, 3.05) is 11.9 Å². The van der Waals surface area contributed by atoms with E-state index in [1.807, 2.05) is 0 Å². The second kappa shape index (κ2) is 7.73. The summed E-state index contributed by atoms with van der Waals surface area (Å²) in [7, 11) is 1.73. The minimum atomic E-state index is -2.96. The first kappa shape index (κ1) is 18.8. The molecule has 0 radical (unpaired) electrons. The minimum Gasteiger partial charge on any atom is -0.395 e. The molecule has 26 heavy (non-hydrogen) atoms. The van der Waals surface area contributed by atoms with Crippen molar-refractivity contribution in [1.82, 2.24) is 9.29 Å². The molecule has 2 aromatic rings. The lowest BCUT2D eigenvalue weighted by Crippen LogP contribution is -2.26. The minimum absolute atomic E-state index is 0.00306. The topological polar surface area (TPSA) is 66.3 Å². The molecule has 1 unspecified atom stereocenters. The number of carbonyl (C=O) groups excluding carboxylic acids is 1. The molecule has 1 aromatic carbocycles. The quantitative estimate of drug-likeness (QED) is 0.707. The van der Waals surface area contributed by atoms with Gasteiger partial charge in [-0.2, -0.15) is 0 Å². The Bertz CT molecular complexity index is 826. The van der Waals surface area contributed by atoms with Crippen LogP contribution in [0.4, 0.5) is 18.9 Å². The number of nitrogens with zero attached hydrogens (tertiary/aromatic N) is 1. The summed E-state index contributed by atoms with van der Waals surface area (Å²) in [6.07, 6.45) is 0.0932. The van der Waals surface area contributed by atoms with E-state index in [-0.39, 0.29) is 18.3 Å². The summed E-state index contributed by atoms with van der Waals surface area (Å²) >= 11 is 1.35. The number of hydrogen-bond donors (Lipinski definition) is 3. The molecule has 1 amide bonds. The predicted octanol–water partition coefficient (Wildman–Crippen LogP) is 3.26. The molecule has 5 nitrogen and oxygen atoms in total. The maximum absolute atomic E-state index is 13.4. The number of anilines is 1. The van der Waals surface area contributed by atoms with Crippen molar-refractivity contribution < 1.29 is 23.1 Å². The van der Waals surface area contributed by atoms with E-state index in [2.05, 4.69) is 10.0 Å². The van der Waals surface area contributed by atoms with E-state index in [1.54, 1.807) is 17.8 Å². The third-order valence-corrected chi connectivity index (χ3v) is 5.27. The zero-order chi connectivity index (χ0) is 18.8. The molecule has 0 bridgehead atoms. The largest absolute Gasteiger partial charge is 0.395 e. The number of aliphatic hydroxyl groups is 1. The second-order valence-electron chi connectivity index (χ2n) is 6.06. The third kappa shape index (κ3) is 3.74. The van der Waals surface area contributed by atoms with Crippen molar-refractivity contribution in [2.45, 2.75) is 30.2 Å². The average Bonchev–Trinajstić information content (AvgIpc) is 2.78. The van der Waals surface area contributed by atoms with E-state index in [9.17, 15) is 23.1 Å². The summed E-state index contributed by atoms with van der Waals surface area (Å²) in [4.78, 5) is 13.6. The monoisotopic (exact) mass is 385 g/mol. The fourth-order valence-electron chi connectivity index (χ4n) is 2.91. The zero-order valence-corrected chi connectivity index (χ0v) is 14.7. The van der Waals surface area contributed by atoms with E-state index in [0.717, 1.165) is 22.6 Å². The van der Waals surface area contributed by atoms with Crippen LogP contribution in [0.15, 0.2) is 29.3 Å². The molecule has 0 spiro atoms. The lowest BCUT2D eigenvalue weighted by atomic mass is 10.1. The highest BCUT2D eigenvalue weighted by Gasteiger charge is 2.25. The van der Waals surface area contributed by atoms with E-state index >= 15 is 0 Å². The fourth-order valence-corrected chi connectivity index (χ4v) is 3.93. The first-order valence-electron chi connectivity index (χ1n) is 8.01. The SMILES string of the molecule is Cn1cc2c(c1C(=O)Nc1ccc(F)c(C(F)F)c1)CCC(CO)NS2. The van der Waals surface area contributed by atoms with Crippen LogP contribution in [0.3, 0.4) is 0 Å². The van der Waals surface area contributed by atoms with Gasteiger partial charge in [0.15, 0.2) is 0 Å². The van der Waals surface area contributed by atoms with Crippen molar-refractivity contribution in [3.05, 3.63) is 47.0 Å². The number of rotatable bonds is 4. The highest BCUT2D eigenvalue weighted by molar-refractivity contribution is 7.97. The third-order valence-electron chi connectivity index (χ3n) is 4.25. The van der Waals surface area contributed by atoms with Gasteiger partial charge in [-0.15, -0.1) is 0 Å². The smallest absolute Gasteiger partial charge is 0.272 e. The van der Waals surface area contributed by atoms with Crippen LogP contribution in [0, 0.1) is 5.82 Å². The number of aliphatic hydroxyl groups excluding tert-OH is 1. The van der Waals surface area contributed by atoms with Gasteiger partial charge in [-0.3, -0.25) is 9.52 Å². The molecule has 3 N–H and O–H groups in total. The first-order chi connectivity index (χ1) is 12.4. The number of carbonyl (C=O) groups is 1. The van der Waals surface area contributed by atoms with E-state index in [4.69, 9.17) is 0 Å². The summed E-state index contributed by atoms with van der Waals surface area (Å²) in [5.41, 5.74) is 0.596. The fraction of sp³-hybridized carbons (Fsp3) is 0.353. The molecule has 0 aliphatic carbocycles. The van der Waals surface area contributed by atoms with Gasteiger partial charge in [0.05, 0.1) is 12.2 Å². The van der Waals surface area contributed by atoms with E-state index < -0.39 is 23.7 Å². The van der Waals surface area contributed by atoms with Crippen molar-refractivity contribution in [1.29, 1.82) is 0 Å². The van der Waals surface area contributed by atoms with Crippen molar-refractivity contribution in [2.24, 2.45) is 7.05 Å². The summed E-state index contributed by atoms with van der Waals surface area (Å²) < 4.78 is 43.9. The normalized spacial score (nSPS) is 17.1. The highest BCUT2D eigenvalue weighted by atomic mass is 32.2. The van der Waals surface area contributed by atoms with Gasteiger partial charge in [0.2, 0.25) is 0 Å². The number of fused-ring (bicyclic) bond motifs is 1. The van der Waals surface area contributed by atoms with Gasteiger partial charge in [-0.05, 0) is 48.6 Å². The van der Waals surface area contributed by atoms with Crippen LogP contribution in [0.5, 0.6) is 0 Å². The van der Waals surface area contributed by atoms with E-state index in [1.165, 1.54) is 18.0 Å². The van der Waals surface area contributed by atoms with Crippen molar-refractivity contribution in [3.8, 4) is 0 Å². The Balaban J connectivity index is 1.86. The van der Waals surface area contributed by atoms with Crippen LogP contribution in [0.25, 0.3) is 0 Å². The van der Waals surface area contributed by atoms with Crippen LogP contribution < -0.4 is 10.0 Å². The Morgan fingerprint density at radius 1 is 1.50 bits per heavy atom. The lowest BCUT2D eigenvalue weighted by Gasteiger charge is -2.12. The lowest BCUT2D eigenvalue weighted by molar-refractivity contribution is 0.101. The van der Waals surface area contributed by atoms with Gasteiger partial charge in [0.1, 0.15) is 11.5 Å². The average molecular weight is 385 g/mol. The Morgan fingerprint density at radius 2 is 2.27 bits per heavy atom. The summed E-state index contributed by atoms with van der Waals surface area (Å²) in [6.45, 7) is -0.00306. The van der Waals surface area contributed by atoms with Crippen LogP contribution in [0.2, 0.25) is 0 Å². The molecule has 2 heterocycles. The van der Waals surface area contributed by atoms with Gasteiger partial charge >= 0.3 is 0 Å². The van der Waals surface area contributed by atoms with Crippen LogP contribution in [-0.4, -0.2) is 28.2 Å². The Kier molecular flexibility index (Phi) is 5.59. The van der Waals surface area contributed by atoms with Gasteiger partial charge in [-0.25, -0.2) is 13.2 Å². The van der Waals surface area contributed by atoms with Crippen molar-refractivity contribution >= 4 is 23.5 Å². The molecule has 0 saturated heterocycles. The molecular formula is C17H18F3N3O2S. The van der Waals surface area contributed by atoms with E-state index in [0.29, 0.717) is 18.5 Å². The van der Waals surface area contributed by atoms with Gasteiger partial charge in [0, 0.05) is 29.9 Å². The molecule has 9 heteroatoms. The number of aryl methyl sites for hydroxylation is 1. The van der Waals surface area contributed by atoms with Crippen LogP contribution in [0.1, 0.15) is 34.5 Å². The van der Waals surface area contributed by atoms with Gasteiger partial charge < -0.3 is 15.0 Å². The molecule has 1 aliphatic rings. The molecular weight excluding hydrogens is 367 g/mol. The van der Waals surface area contributed by atoms with Crippen LogP contribution in [-0.2, 0) is 13.5 Å². The molecule has 1 atom stereocenters. The molecule has 0 fully saturated rings. The molecule has 3 rings (SSSR count). The second-order valence-corrected chi connectivity index (χ2v) is 6.94. The number of hydrogen-bond acceptors (Lipinski definition) is 4. The summed E-state index contributed by atoms with van der Waals surface area (Å²) in [5.74, 6) is -1.47. The molecule has 0 saturated carbocycles. The number of nitrogens with one attached hydrogen (secondary N) is 2. The number of amides is 1. The Labute approximate surface area is 152 Å². The summed E-state index contributed by atoms with van der Waals surface area (Å²) in [5, 5.41) is 11.9. The van der Waals surface area contributed by atoms with Crippen LogP contribution >= 0.6 is 11.9 Å². The first-order valence-corrected chi connectivity index (χ1v) is 8.82. The van der Waals surface area contributed by atoms with Crippen molar-refractivity contribution in [3.63, 3.8) is 0 Å².